The van der Waals surface area contributed by atoms with E-state index in [2.05, 4.69) is 0 Å². The second-order valence-corrected chi connectivity index (χ2v) is 5.42. The first-order valence-electron chi connectivity index (χ1n) is 6.42. The number of carbonyl (C=O) groups is 1. The van der Waals surface area contributed by atoms with Crippen LogP contribution in [0.5, 0.6) is 0 Å². The summed E-state index contributed by atoms with van der Waals surface area (Å²) in [5.41, 5.74) is 0.662. The van der Waals surface area contributed by atoms with Crippen molar-refractivity contribution < 1.29 is 14.6 Å². The smallest absolute Gasteiger partial charge is 0.337 e. The molecule has 1 aromatic heterocycles. The highest BCUT2D eigenvalue weighted by atomic mass is 16.5. The monoisotopic (exact) mass is 265 g/mol. The normalized spacial score (nSPS) is 22.7. The van der Waals surface area contributed by atoms with Crippen molar-refractivity contribution in [3.63, 3.8) is 0 Å². The maximum absolute atomic E-state index is 12.1. The van der Waals surface area contributed by atoms with Crippen LogP contribution in [0.15, 0.2) is 10.9 Å². The molecule has 1 aliphatic rings. The Labute approximate surface area is 111 Å². The number of rotatable bonds is 3. The largest absolute Gasteiger partial charge is 0.478 e. The van der Waals surface area contributed by atoms with Crippen LogP contribution >= 0.6 is 0 Å². The number of carboxylic acids is 1. The lowest BCUT2D eigenvalue weighted by atomic mass is 10.0. The van der Waals surface area contributed by atoms with Crippen molar-refractivity contribution in [1.29, 1.82) is 0 Å². The molecule has 0 radical (unpaired) electrons. The van der Waals surface area contributed by atoms with Gasteiger partial charge in [-0.2, -0.15) is 0 Å². The molecule has 2 heterocycles. The number of carboxylic acid groups (broad SMARTS) is 1. The number of aromatic nitrogens is 1. The number of hydrogen-bond acceptors (Lipinski definition) is 3. The highest BCUT2D eigenvalue weighted by Crippen LogP contribution is 2.27. The number of aryl methyl sites for hydroxylation is 1. The minimum Gasteiger partial charge on any atom is -0.478 e. The van der Waals surface area contributed by atoms with Gasteiger partial charge in [-0.05, 0) is 39.2 Å². The summed E-state index contributed by atoms with van der Waals surface area (Å²) in [6.45, 7) is 6.39. The van der Waals surface area contributed by atoms with E-state index in [9.17, 15) is 14.7 Å². The molecular weight excluding hydrogens is 246 g/mol. The molecule has 0 saturated carbocycles. The SMILES string of the molecule is Cc1cc(=O)n(CC2(C)CCCO2)c(C)c1C(=O)O. The van der Waals surface area contributed by atoms with E-state index in [0.717, 1.165) is 12.8 Å². The first kappa shape index (κ1) is 13.8. The molecule has 1 atom stereocenters. The third kappa shape index (κ3) is 2.56. The first-order chi connectivity index (χ1) is 8.84. The Morgan fingerprint density at radius 2 is 2.21 bits per heavy atom. The summed E-state index contributed by atoms with van der Waals surface area (Å²) in [5.74, 6) is -0.999. The van der Waals surface area contributed by atoms with Gasteiger partial charge in [-0.25, -0.2) is 4.79 Å². The molecule has 0 amide bonds. The minimum atomic E-state index is -0.999. The van der Waals surface area contributed by atoms with Gasteiger partial charge in [0.1, 0.15) is 0 Å². The summed E-state index contributed by atoms with van der Waals surface area (Å²) in [5, 5.41) is 9.24. The standard InChI is InChI=1S/C14H19NO4/c1-9-7-11(16)15(10(2)12(9)13(17)18)8-14(3)5-4-6-19-14/h7H,4-6,8H2,1-3H3,(H,17,18). The minimum absolute atomic E-state index is 0.170. The van der Waals surface area contributed by atoms with Crippen LogP contribution in [0.4, 0.5) is 0 Å². The summed E-state index contributed by atoms with van der Waals surface area (Å²) in [6, 6.07) is 1.38. The second-order valence-electron chi connectivity index (χ2n) is 5.42. The average molecular weight is 265 g/mol. The maximum atomic E-state index is 12.1. The average Bonchev–Trinajstić information content (AvgIpc) is 2.71. The van der Waals surface area contributed by atoms with E-state index in [1.807, 2.05) is 6.92 Å². The van der Waals surface area contributed by atoms with Gasteiger partial charge < -0.3 is 14.4 Å². The van der Waals surface area contributed by atoms with Gasteiger partial charge in [-0.15, -0.1) is 0 Å². The van der Waals surface area contributed by atoms with Crippen LogP contribution in [-0.2, 0) is 11.3 Å². The third-order valence-electron chi connectivity index (χ3n) is 3.77. The van der Waals surface area contributed by atoms with Crippen molar-refractivity contribution >= 4 is 5.97 Å². The van der Waals surface area contributed by atoms with Crippen LogP contribution in [0.1, 0.15) is 41.4 Å². The van der Waals surface area contributed by atoms with Gasteiger partial charge in [0.05, 0.1) is 17.7 Å². The van der Waals surface area contributed by atoms with Crippen molar-refractivity contribution in [2.24, 2.45) is 0 Å². The zero-order valence-corrected chi connectivity index (χ0v) is 11.5. The molecule has 104 valence electrons. The van der Waals surface area contributed by atoms with Crippen molar-refractivity contribution in [2.45, 2.75) is 45.8 Å². The number of pyridine rings is 1. The molecule has 1 N–H and O–H groups in total. The molecule has 5 nitrogen and oxygen atoms in total. The summed E-state index contributed by atoms with van der Waals surface area (Å²) < 4.78 is 7.19. The summed E-state index contributed by atoms with van der Waals surface area (Å²) in [7, 11) is 0. The van der Waals surface area contributed by atoms with Gasteiger partial charge in [0.25, 0.3) is 5.56 Å². The molecule has 19 heavy (non-hydrogen) atoms. The Morgan fingerprint density at radius 1 is 1.53 bits per heavy atom. The first-order valence-corrected chi connectivity index (χ1v) is 6.42. The molecule has 0 aromatic carbocycles. The topological polar surface area (TPSA) is 68.5 Å². The van der Waals surface area contributed by atoms with Crippen LogP contribution in [0.2, 0.25) is 0 Å². The number of aromatic carboxylic acids is 1. The highest BCUT2D eigenvalue weighted by molar-refractivity contribution is 5.90. The Kier molecular flexibility index (Phi) is 3.49. The van der Waals surface area contributed by atoms with Crippen molar-refractivity contribution in [3.8, 4) is 0 Å². The molecule has 0 spiro atoms. The van der Waals surface area contributed by atoms with Crippen molar-refractivity contribution in [1.82, 2.24) is 4.57 Å². The molecule has 5 heteroatoms. The molecule has 0 bridgehead atoms. The lowest BCUT2D eigenvalue weighted by Crippen LogP contribution is -2.36. The van der Waals surface area contributed by atoms with Gasteiger partial charge >= 0.3 is 5.97 Å². The van der Waals surface area contributed by atoms with E-state index < -0.39 is 5.97 Å². The number of hydrogen-bond donors (Lipinski definition) is 1. The van der Waals surface area contributed by atoms with Crippen LogP contribution in [0.3, 0.4) is 0 Å². The van der Waals surface area contributed by atoms with Gasteiger partial charge in [-0.3, -0.25) is 4.79 Å². The number of ether oxygens (including phenoxy) is 1. The molecule has 1 aromatic rings. The molecule has 0 aliphatic carbocycles. The predicted molar refractivity (Wildman–Crippen MR) is 70.7 cm³/mol. The summed E-state index contributed by atoms with van der Waals surface area (Å²) >= 11 is 0. The van der Waals surface area contributed by atoms with Gasteiger partial charge in [0.15, 0.2) is 0 Å². The molecular formula is C14H19NO4. The summed E-state index contributed by atoms with van der Waals surface area (Å²) in [4.78, 5) is 23.4. The van der Waals surface area contributed by atoms with E-state index in [4.69, 9.17) is 4.74 Å². The third-order valence-corrected chi connectivity index (χ3v) is 3.77. The van der Waals surface area contributed by atoms with E-state index in [-0.39, 0.29) is 16.7 Å². The lowest BCUT2D eigenvalue weighted by Gasteiger charge is -2.26. The van der Waals surface area contributed by atoms with Crippen molar-refractivity contribution in [2.75, 3.05) is 6.61 Å². The fourth-order valence-electron chi connectivity index (χ4n) is 2.74. The molecule has 1 aliphatic heterocycles. The fraction of sp³-hybridized carbons (Fsp3) is 0.571. The van der Waals surface area contributed by atoms with Crippen molar-refractivity contribution in [3.05, 3.63) is 33.2 Å². The Bertz CT molecular complexity index is 568. The summed E-state index contributed by atoms with van der Waals surface area (Å²) in [6.07, 6.45) is 1.86. The zero-order chi connectivity index (χ0) is 14.2. The van der Waals surface area contributed by atoms with Crippen LogP contribution in [-0.4, -0.2) is 27.9 Å². The van der Waals surface area contributed by atoms with E-state index >= 15 is 0 Å². The van der Waals surface area contributed by atoms with Gasteiger partial charge in [0.2, 0.25) is 0 Å². The Hall–Kier alpha value is -1.62. The van der Waals surface area contributed by atoms with E-state index in [1.54, 1.807) is 13.8 Å². The zero-order valence-electron chi connectivity index (χ0n) is 11.5. The molecule has 2 rings (SSSR count). The Morgan fingerprint density at radius 3 is 2.74 bits per heavy atom. The quantitative estimate of drug-likeness (QED) is 0.903. The van der Waals surface area contributed by atoms with E-state index in [1.165, 1.54) is 10.6 Å². The predicted octanol–water partition coefficient (Wildman–Crippen LogP) is 1.73. The maximum Gasteiger partial charge on any atom is 0.337 e. The molecule has 1 unspecified atom stereocenters. The van der Waals surface area contributed by atoms with Crippen LogP contribution < -0.4 is 5.56 Å². The van der Waals surface area contributed by atoms with Gasteiger partial charge in [-0.1, -0.05) is 0 Å². The molecule has 1 saturated heterocycles. The fourth-order valence-corrected chi connectivity index (χ4v) is 2.74. The van der Waals surface area contributed by atoms with Crippen LogP contribution in [0.25, 0.3) is 0 Å². The highest BCUT2D eigenvalue weighted by Gasteiger charge is 2.31. The second kappa shape index (κ2) is 4.81. The van der Waals surface area contributed by atoms with Gasteiger partial charge in [0, 0.05) is 18.4 Å². The molecule has 1 fully saturated rings. The number of nitrogens with zero attached hydrogens (tertiary/aromatic N) is 1. The Balaban J connectivity index is 2.48. The lowest BCUT2D eigenvalue weighted by molar-refractivity contribution is 0.00491. The van der Waals surface area contributed by atoms with E-state index in [0.29, 0.717) is 24.4 Å². The van der Waals surface area contributed by atoms with Crippen LogP contribution in [0, 0.1) is 13.8 Å².